The average molecular weight is 281 g/mol. The fourth-order valence-electron chi connectivity index (χ4n) is 2.55. The summed E-state index contributed by atoms with van der Waals surface area (Å²) in [5, 5.41) is 0.707. The summed E-state index contributed by atoms with van der Waals surface area (Å²) in [6.45, 7) is 0.193. The Hall–Kier alpha value is -1.98. The molecule has 3 rings (SSSR count). The highest BCUT2D eigenvalue weighted by molar-refractivity contribution is 5.94. The Kier molecular flexibility index (Phi) is 2.96. The van der Waals surface area contributed by atoms with E-state index >= 15 is 0 Å². The Labute approximate surface area is 114 Å². The Morgan fingerprint density at radius 2 is 1.95 bits per heavy atom. The van der Waals surface area contributed by atoms with Crippen LogP contribution in [0.4, 0.5) is 24.5 Å². The van der Waals surface area contributed by atoms with Crippen molar-refractivity contribution in [3.63, 3.8) is 0 Å². The molecule has 0 amide bonds. The lowest BCUT2D eigenvalue weighted by Crippen LogP contribution is -2.40. The van der Waals surface area contributed by atoms with E-state index in [4.69, 9.17) is 5.73 Å². The number of fused-ring (bicyclic) bond motifs is 1. The summed E-state index contributed by atoms with van der Waals surface area (Å²) in [6.07, 6.45) is 0.991. The summed E-state index contributed by atoms with van der Waals surface area (Å²) < 4.78 is 40.8. The van der Waals surface area contributed by atoms with E-state index in [0.29, 0.717) is 10.9 Å². The Morgan fingerprint density at radius 1 is 1.25 bits per heavy atom. The van der Waals surface area contributed by atoms with Crippen molar-refractivity contribution < 1.29 is 13.2 Å². The number of nitrogens with zero attached hydrogens (tertiary/aromatic N) is 2. The highest BCUT2D eigenvalue weighted by Gasteiger charge is 2.35. The van der Waals surface area contributed by atoms with E-state index in [1.54, 1.807) is 23.2 Å². The Morgan fingerprint density at radius 3 is 2.65 bits per heavy atom. The number of aromatic nitrogens is 1. The number of pyridine rings is 1. The van der Waals surface area contributed by atoms with E-state index in [2.05, 4.69) is 4.98 Å². The Bertz CT molecular complexity index is 647. The summed E-state index contributed by atoms with van der Waals surface area (Å²) in [7, 11) is 0. The van der Waals surface area contributed by atoms with Crippen LogP contribution in [-0.2, 0) is 0 Å². The van der Waals surface area contributed by atoms with E-state index in [9.17, 15) is 13.2 Å². The third-order valence-corrected chi connectivity index (χ3v) is 3.65. The van der Waals surface area contributed by atoms with E-state index in [1.165, 1.54) is 6.07 Å². The van der Waals surface area contributed by atoms with Gasteiger partial charge < -0.3 is 10.6 Å². The van der Waals surface area contributed by atoms with Gasteiger partial charge in [0.25, 0.3) is 5.92 Å². The molecule has 106 valence electrons. The zero-order valence-electron chi connectivity index (χ0n) is 10.7. The van der Waals surface area contributed by atoms with Gasteiger partial charge in [-0.2, -0.15) is 0 Å². The molecule has 1 aliphatic rings. The van der Waals surface area contributed by atoms with Crippen molar-refractivity contribution in [1.82, 2.24) is 4.98 Å². The second kappa shape index (κ2) is 4.54. The van der Waals surface area contributed by atoms with Crippen LogP contribution in [0.15, 0.2) is 24.4 Å². The smallest absolute Gasteiger partial charge is 0.251 e. The van der Waals surface area contributed by atoms with Crippen LogP contribution in [0.2, 0.25) is 0 Å². The highest BCUT2D eigenvalue weighted by atomic mass is 19.3. The van der Waals surface area contributed by atoms with Crippen LogP contribution in [0.3, 0.4) is 0 Å². The highest BCUT2D eigenvalue weighted by Crippen LogP contribution is 2.36. The van der Waals surface area contributed by atoms with Crippen molar-refractivity contribution in [2.24, 2.45) is 0 Å². The second-order valence-electron chi connectivity index (χ2n) is 5.05. The van der Waals surface area contributed by atoms with E-state index in [-0.39, 0.29) is 37.3 Å². The molecule has 0 saturated carbocycles. The summed E-state index contributed by atoms with van der Waals surface area (Å²) in [5.41, 5.74) is 6.38. The predicted octanol–water partition coefficient (Wildman–Crippen LogP) is 3.19. The molecule has 20 heavy (non-hydrogen) atoms. The lowest BCUT2D eigenvalue weighted by Gasteiger charge is -2.34. The van der Waals surface area contributed by atoms with Crippen molar-refractivity contribution in [1.29, 1.82) is 0 Å². The molecule has 1 aliphatic heterocycles. The predicted molar refractivity (Wildman–Crippen MR) is 72.5 cm³/mol. The van der Waals surface area contributed by atoms with Crippen LogP contribution < -0.4 is 10.6 Å². The van der Waals surface area contributed by atoms with Gasteiger partial charge in [0.05, 0.1) is 11.2 Å². The quantitative estimate of drug-likeness (QED) is 0.816. The molecule has 2 heterocycles. The minimum Gasteiger partial charge on any atom is -0.396 e. The molecule has 0 bridgehead atoms. The zero-order chi connectivity index (χ0) is 14.3. The molecule has 0 radical (unpaired) electrons. The SMILES string of the molecule is Nc1cc2cccnc2c(N2CCC(F)(F)CC2)c1F. The van der Waals surface area contributed by atoms with E-state index < -0.39 is 11.7 Å². The lowest BCUT2D eigenvalue weighted by molar-refractivity contribution is -0.0221. The van der Waals surface area contributed by atoms with Crippen molar-refractivity contribution in [3.05, 3.63) is 30.2 Å². The number of nitrogens with two attached hydrogens (primary N) is 1. The fourth-order valence-corrected chi connectivity index (χ4v) is 2.55. The van der Waals surface area contributed by atoms with Gasteiger partial charge in [-0.3, -0.25) is 4.98 Å². The first-order chi connectivity index (χ1) is 9.48. The number of halogens is 3. The molecule has 0 unspecified atom stereocenters. The number of hydrogen-bond donors (Lipinski definition) is 1. The fraction of sp³-hybridized carbons (Fsp3) is 0.357. The molecule has 1 aromatic heterocycles. The summed E-state index contributed by atoms with van der Waals surface area (Å²) in [6, 6.07) is 5.02. The van der Waals surface area contributed by atoms with Crippen molar-refractivity contribution in [2.45, 2.75) is 18.8 Å². The van der Waals surface area contributed by atoms with Gasteiger partial charge >= 0.3 is 0 Å². The van der Waals surface area contributed by atoms with E-state index in [0.717, 1.165) is 0 Å². The molecule has 1 fully saturated rings. The third-order valence-electron chi connectivity index (χ3n) is 3.65. The van der Waals surface area contributed by atoms with Gasteiger partial charge in [-0.1, -0.05) is 6.07 Å². The van der Waals surface area contributed by atoms with Gasteiger partial charge in [0, 0.05) is 37.5 Å². The summed E-state index contributed by atoms with van der Waals surface area (Å²) in [4.78, 5) is 5.78. The summed E-state index contributed by atoms with van der Waals surface area (Å²) >= 11 is 0. The molecular weight excluding hydrogens is 267 g/mol. The first kappa shape index (κ1) is 13.0. The van der Waals surface area contributed by atoms with Gasteiger partial charge in [0.1, 0.15) is 5.69 Å². The van der Waals surface area contributed by atoms with Crippen LogP contribution in [0, 0.1) is 5.82 Å². The molecule has 6 heteroatoms. The standard InChI is InChI=1S/C14H14F3N3/c15-11-10(18)8-9-2-1-5-19-12(9)13(11)20-6-3-14(16,17)4-7-20/h1-2,5,8H,3-4,6-7,18H2. The molecule has 0 aliphatic carbocycles. The largest absolute Gasteiger partial charge is 0.396 e. The van der Waals surface area contributed by atoms with Gasteiger partial charge in [0.2, 0.25) is 0 Å². The van der Waals surface area contributed by atoms with Crippen molar-refractivity contribution >= 4 is 22.3 Å². The number of alkyl halides is 2. The first-order valence-electron chi connectivity index (χ1n) is 6.43. The average Bonchev–Trinajstić information content (AvgIpc) is 2.41. The summed E-state index contributed by atoms with van der Waals surface area (Å²) in [5.74, 6) is -3.25. The maximum Gasteiger partial charge on any atom is 0.251 e. The van der Waals surface area contributed by atoms with Gasteiger partial charge in [-0.15, -0.1) is 0 Å². The van der Waals surface area contributed by atoms with Gasteiger partial charge in [-0.25, -0.2) is 13.2 Å². The molecule has 0 spiro atoms. The number of rotatable bonds is 1. The molecule has 1 saturated heterocycles. The second-order valence-corrected chi connectivity index (χ2v) is 5.05. The topological polar surface area (TPSA) is 42.1 Å². The lowest BCUT2D eigenvalue weighted by atomic mass is 10.0. The first-order valence-corrected chi connectivity index (χ1v) is 6.43. The van der Waals surface area contributed by atoms with Crippen LogP contribution in [-0.4, -0.2) is 24.0 Å². The molecule has 3 nitrogen and oxygen atoms in total. The molecular formula is C14H14F3N3. The molecule has 0 atom stereocenters. The van der Waals surface area contributed by atoms with Crippen LogP contribution >= 0.6 is 0 Å². The molecule has 1 aromatic carbocycles. The molecule has 2 aromatic rings. The number of hydrogen-bond acceptors (Lipinski definition) is 3. The maximum atomic E-state index is 14.3. The number of benzene rings is 1. The third kappa shape index (κ3) is 2.15. The van der Waals surface area contributed by atoms with Crippen molar-refractivity contribution in [3.8, 4) is 0 Å². The number of piperidine rings is 1. The molecule has 2 N–H and O–H groups in total. The maximum absolute atomic E-state index is 14.3. The minimum absolute atomic E-state index is 0.0119. The zero-order valence-corrected chi connectivity index (χ0v) is 10.7. The minimum atomic E-state index is -2.67. The van der Waals surface area contributed by atoms with Crippen molar-refractivity contribution in [2.75, 3.05) is 23.7 Å². The van der Waals surface area contributed by atoms with E-state index in [1.807, 2.05) is 0 Å². The Balaban J connectivity index is 2.09. The number of anilines is 2. The van der Waals surface area contributed by atoms with Crippen LogP contribution in [0.25, 0.3) is 10.9 Å². The normalized spacial score (nSPS) is 18.4. The van der Waals surface area contributed by atoms with Gasteiger partial charge in [-0.05, 0) is 12.1 Å². The van der Waals surface area contributed by atoms with Crippen LogP contribution in [0.1, 0.15) is 12.8 Å². The monoisotopic (exact) mass is 281 g/mol. The van der Waals surface area contributed by atoms with Crippen LogP contribution in [0.5, 0.6) is 0 Å². The van der Waals surface area contributed by atoms with Gasteiger partial charge in [0.15, 0.2) is 5.82 Å². The number of nitrogen functional groups attached to an aromatic ring is 1.